The second-order valence-electron chi connectivity index (χ2n) is 7.25. The molecule has 0 radical (unpaired) electrons. The summed E-state index contributed by atoms with van der Waals surface area (Å²) < 4.78 is 1.43. The molecule has 0 aliphatic carbocycles. The molecule has 6 nitrogen and oxygen atoms in total. The van der Waals surface area contributed by atoms with Crippen LogP contribution >= 0.6 is 11.6 Å². The Morgan fingerprint density at radius 2 is 1.69 bits per heavy atom. The summed E-state index contributed by atoms with van der Waals surface area (Å²) in [4.78, 5) is 36.0. The molecule has 0 aliphatic heterocycles. The minimum Gasteiger partial charge on any atom is -0.310 e. The number of pyridine rings is 1. The first-order valence-corrected chi connectivity index (χ1v) is 8.56. The van der Waals surface area contributed by atoms with Crippen molar-refractivity contribution in [1.82, 2.24) is 15.4 Å². The number of benzene rings is 1. The number of aromatic nitrogens is 1. The van der Waals surface area contributed by atoms with Crippen LogP contribution in [0.2, 0.25) is 5.02 Å². The van der Waals surface area contributed by atoms with E-state index in [4.69, 9.17) is 11.6 Å². The fourth-order valence-corrected chi connectivity index (χ4v) is 2.43. The predicted molar refractivity (Wildman–Crippen MR) is 101 cm³/mol. The molecule has 1 aromatic carbocycles. The second kappa shape index (κ2) is 8.19. The van der Waals surface area contributed by atoms with E-state index < -0.39 is 5.91 Å². The lowest BCUT2D eigenvalue weighted by Crippen LogP contribution is -2.43. The zero-order chi connectivity index (χ0) is 19.3. The fraction of sp³-hybridized carbons (Fsp3) is 0.316. The molecule has 1 heterocycles. The zero-order valence-corrected chi connectivity index (χ0v) is 15.8. The number of amides is 2. The van der Waals surface area contributed by atoms with Gasteiger partial charge in [-0.15, -0.1) is 0 Å². The van der Waals surface area contributed by atoms with Gasteiger partial charge in [0.15, 0.2) is 0 Å². The highest BCUT2D eigenvalue weighted by Gasteiger charge is 2.16. The molecule has 0 saturated carbocycles. The molecule has 0 unspecified atom stereocenters. The van der Waals surface area contributed by atoms with Crippen molar-refractivity contribution in [2.24, 2.45) is 5.41 Å². The van der Waals surface area contributed by atoms with Gasteiger partial charge in [0.2, 0.25) is 5.91 Å². The van der Waals surface area contributed by atoms with Crippen LogP contribution in [0.5, 0.6) is 0 Å². The molecule has 0 atom stereocenters. The molecule has 26 heavy (non-hydrogen) atoms. The molecule has 138 valence electrons. The number of hydrogen-bond acceptors (Lipinski definition) is 3. The molecule has 1 aromatic heterocycles. The van der Waals surface area contributed by atoms with Crippen molar-refractivity contribution < 1.29 is 9.59 Å². The van der Waals surface area contributed by atoms with Crippen molar-refractivity contribution in [3.63, 3.8) is 0 Å². The third-order valence-electron chi connectivity index (χ3n) is 3.52. The number of hydrazine groups is 1. The molecular formula is C19H22ClN3O3. The number of carbonyl (C=O) groups excluding carboxylic acids is 2. The minimum absolute atomic E-state index is 0.180. The summed E-state index contributed by atoms with van der Waals surface area (Å²) in [6.07, 6.45) is 1.74. The van der Waals surface area contributed by atoms with E-state index in [1.54, 1.807) is 12.1 Å². The third-order valence-corrected chi connectivity index (χ3v) is 3.77. The Balaban J connectivity index is 2.06. The molecule has 2 rings (SSSR count). The van der Waals surface area contributed by atoms with E-state index in [1.807, 2.05) is 32.9 Å². The molecule has 2 aromatic rings. The average Bonchev–Trinajstić information content (AvgIpc) is 2.55. The van der Waals surface area contributed by atoms with Crippen molar-refractivity contribution in [2.75, 3.05) is 0 Å². The number of carbonyl (C=O) groups is 2. The van der Waals surface area contributed by atoms with Crippen LogP contribution < -0.4 is 16.4 Å². The number of nitrogens with zero attached hydrogens (tertiary/aromatic N) is 1. The van der Waals surface area contributed by atoms with E-state index >= 15 is 0 Å². The molecule has 0 bridgehead atoms. The van der Waals surface area contributed by atoms with Gasteiger partial charge >= 0.3 is 0 Å². The topological polar surface area (TPSA) is 80.2 Å². The summed E-state index contributed by atoms with van der Waals surface area (Å²) in [6, 6.07) is 9.85. The van der Waals surface area contributed by atoms with Gasteiger partial charge in [0, 0.05) is 23.7 Å². The highest BCUT2D eigenvalue weighted by Crippen LogP contribution is 2.17. The van der Waals surface area contributed by atoms with Crippen molar-refractivity contribution >= 4 is 23.4 Å². The van der Waals surface area contributed by atoms with E-state index in [9.17, 15) is 14.4 Å². The van der Waals surface area contributed by atoms with Crippen LogP contribution in [0, 0.1) is 5.41 Å². The first kappa shape index (κ1) is 19.7. The summed E-state index contributed by atoms with van der Waals surface area (Å²) in [5, 5.41) is 0.611. The molecule has 0 saturated heterocycles. The van der Waals surface area contributed by atoms with Gasteiger partial charge in [0.25, 0.3) is 11.5 Å². The monoisotopic (exact) mass is 375 g/mol. The lowest BCUT2D eigenvalue weighted by molar-refractivity contribution is -0.123. The minimum atomic E-state index is -0.489. The van der Waals surface area contributed by atoms with Crippen molar-refractivity contribution in [2.45, 2.75) is 33.7 Å². The van der Waals surface area contributed by atoms with E-state index in [0.29, 0.717) is 11.6 Å². The predicted octanol–water partition coefficient (Wildman–Crippen LogP) is 2.75. The number of nitrogens with one attached hydrogen (secondary N) is 2. The maximum Gasteiger partial charge on any atom is 0.271 e. The molecule has 0 fully saturated rings. The van der Waals surface area contributed by atoms with Gasteiger partial charge in [-0.2, -0.15) is 0 Å². The SMILES string of the molecule is CC(C)(C)CC(=O)NNC(=O)c1ccc(=O)n(Cc2ccc(Cl)cc2)c1. The van der Waals surface area contributed by atoms with Crippen molar-refractivity contribution in [3.8, 4) is 0 Å². The Hall–Kier alpha value is -2.60. The normalized spacial score (nSPS) is 11.1. The summed E-state index contributed by atoms with van der Waals surface area (Å²) in [7, 11) is 0. The van der Waals surface area contributed by atoms with Crippen molar-refractivity contribution in [1.29, 1.82) is 0 Å². The lowest BCUT2D eigenvalue weighted by atomic mass is 9.92. The van der Waals surface area contributed by atoms with Crippen LogP contribution in [-0.2, 0) is 11.3 Å². The van der Waals surface area contributed by atoms with E-state index in [-0.39, 0.29) is 28.9 Å². The maximum atomic E-state index is 12.2. The summed E-state index contributed by atoms with van der Waals surface area (Å²) in [6.45, 7) is 6.11. The largest absolute Gasteiger partial charge is 0.310 e. The van der Waals surface area contributed by atoms with Crippen LogP contribution in [-0.4, -0.2) is 16.4 Å². The van der Waals surface area contributed by atoms with E-state index in [0.717, 1.165) is 5.56 Å². The summed E-state index contributed by atoms with van der Waals surface area (Å²) >= 11 is 5.86. The number of halogens is 1. The van der Waals surface area contributed by atoms with Crippen molar-refractivity contribution in [3.05, 3.63) is 69.1 Å². The van der Waals surface area contributed by atoms with Gasteiger partial charge in [-0.3, -0.25) is 25.2 Å². The second-order valence-corrected chi connectivity index (χ2v) is 7.69. The molecule has 0 spiro atoms. The maximum absolute atomic E-state index is 12.2. The third kappa shape index (κ3) is 6.04. The van der Waals surface area contributed by atoms with Gasteiger partial charge in [-0.25, -0.2) is 0 Å². The Kier molecular flexibility index (Phi) is 6.21. The summed E-state index contributed by atoms with van der Waals surface area (Å²) in [5.41, 5.74) is 5.50. The van der Waals surface area contributed by atoms with Crippen LogP contribution in [0.1, 0.15) is 43.1 Å². The van der Waals surface area contributed by atoms with Gasteiger partial charge in [0.05, 0.1) is 12.1 Å². The first-order valence-electron chi connectivity index (χ1n) is 8.18. The van der Waals surface area contributed by atoms with Crippen LogP contribution in [0.15, 0.2) is 47.4 Å². The Morgan fingerprint density at radius 3 is 2.31 bits per heavy atom. The molecule has 2 N–H and O–H groups in total. The number of hydrogen-bond donors (Lipinski definition) is 2. The van der Waals surface area contributed by atoms with Gasteiger partial charge in [-0.1, -0.05) is 44.5 Å². The van der Waals surface area contributed by atoms with E-state index in [1.165, 1.54) is 22.9 Å². The Morgan fingerprint density at radius 1 is 1.04 bits per heavy atom. The highest BCUT2D eigenvalue weighted by atomic mass is 35.5. The smallest absolute Gasteiger partial charge is 0.271 e. The zero-order valence-electron chi connectivity index (χ0n) is 15.0. The van der Waals surface area contributed by atoms with Crippen LogP contribution in [0.3, 0.4) is 0 Å². The van der Waals surface area contributed by atoms with Gasteiger partial charge in [0.1, 0.15) is 0 Å². The first-order chi connectivity index (χ1) is 12.1. The molecule has 2 amide bonds. The Bertz CT molecular complexity index is 852. The number of rotatable bonds is 4. The van der Waals surface area contributed by atoms with Crippen LogP contribution in [0.4, 0.5) is 0 Å². The quantitative estimate of drug-likeness (QED) is 0.806. The molecular weight excluding hydrogens is 354 g/mol. The van der Waals surface area contributed by atoms with Gasteiger partial charge < -0.3 is 4.57 Å². The molecule has 7 heteroatoms. The summed E-state index contributed by atoms with van der Waals surface area (Å²) in [5.74, 6) is -0.766. The van der Waals surface area contributed by atoms with Gasteiger partial charge in [-0.05, 0) is 29.2 Å². The highest BCUT2D eigenvalue weighted by molar-refractivity contribution is 6.30. The average molecular weight is 376 g/mol. The fourth-order valence-electron chi connectivity index (χ4n) is 2.30. The molecule has 0 aliphatic rings. The standard InChI is InChI=1S/C19H22ClN3O3/c1-19(2,3)10-16(24)21-22-18(26)14-6-9-17(25)23(12-14)11-13-4-7-15(20)8-5-13/h4-9,12H,10-11H2,1-3H3,(H,21,24)(H,22,26). The Labute approximate surface area is 157 Å². The lowest BCUT2D eigenvalue weighted by Gasteiger charge is -2.17. The van der Waals surface area contributed by atoms with Crippen LogP contribution in [0.25, 0.3) is 0 Å². The van der Waals surface area contributed by atoms with E-state index in [2.05, 4.69) is 10.9 Å².